The van der Waals surface area contributed by atoms with Gasteiger partial charge in [-0.05, 0) is 42.0 Å². The molecule has 1 aromatic carbocycles. The maximum absolute atomic E-state index is 13.9. The summed E-state index contributed by atoms with van der Waals surface area (Å²) in [7, 11) is 0.361. The van der Waals surface area contributed by atoms with Crippen LogP contribution in [0, 0.1) is 0 Å². The van der Waals surface area contributed by atoms with Gasteiger partial charge in [0, 0.05) is 26.5 Å². The SMILES string of the molecule is COc1ccc(Cn2nc(C(F)(F)F)nc2-c2nc3ncc(C4CCCC4)cn3c2-c2cn(S(=O)(=O)N(C)C)cn2)cc1. The van der Waals surface area contributed by atoms with Gasteiger partial charge in [0.1, 0.15) is 29.2 Å². The molecule has 0 unspecified atom stereocenters. The van der Waals surface area contributed by atoms with E-state index in [-0.39, 0.29) is 41.1 Å². The molecule has 6 rings (SSSR count). The molecule has 0 saturated heterocycles. The highest BCUT2D eigenvalue weighted by atomic mass is 32.2. The summed E-state index contributed by atoms with van der Waals surface area (Å²) >= 11 is 0. The molecule has 0 amide bonds. The van der Waals surface area contributed by atoms with Crippen LogP contribution in [0.4, 0.5) is 13.2 Å². The number of ether oxygens (including phenoxy) is 1. The van der Waals surface area contributed by atoms with Crippen molar-refractivity contribution in [1.29, 1.82) is 0 Å². The van der Waals surface area contributed by atoms with Crippen molar-refractivity contribution in [2.45, 2.75) is 44.3 Å². The van der Waals surface area contributed by atoms with Crippen molar-refractivity contribution in [3.8, 4) is 28.7 Å². The van der Waals surface area contributed by atoms with E-state index in [9.17, 15) is 21.6 Å². The van der Waals surface area contributed by atoms with Crippen LogP contribution in [0.15, 0.2) is 49.2 Å². The highest BCUT2D eigenvalue weighted by Crippen LogP contribution is 2.37. The summed E-state index contributed by atoms with van der Waals surface area (Å²) in [5.41, 5.74) is 2.03. The van der Waals surface area contributed by atoms with Crippen LogP contribution in [-0.2, 0) is 22.9 Å². The number of methoxy groups -OCH3 is 1. The van der Waals surface area contributed by atoms with E-state index >= 15 is 0 Å². The first-order chi connectivity index (χ1) is 20.5. The molecule has 1 aliphatic carbocycles. The second-order valence-electron chi connectivity index (χ2n) is 10.5. The van der Waals surface area contributed by atoms with Crippen LogP contribution in [0.1, 0.15) is 48.6 Å². The number of rotatable bonds is 8. The zero-order valence-corrected chi connectivity index (χ0v) is 24.3. The highest BCUT2D eigenvalue weighted by Gasteiger charge is 2.38. The van der Waals surface area contributed by atoms with Crippen molar-refractivity contribution in [1.82, 2.24) is 42.4 Å². The smallest absolute Gasteiger partial charge is 0.453 e. The average Bonchev–Trinajstić information content (AvgIpc) is 3.78. The van der Waals surface area contributed by atoms with Crippen LogP contribution in [0.25, 0.3) is 28.7 Å². The maximum Gasteiger partial charge on any atom is 0.453 e. The molecule has 1 saturated carbocycles. The topological polar surface area (TPSA) is 125 Å². The van der Waals surface area contributed by atoms with E-state index in [0.717, 1.165) is 50.5 Å². The Kier molecular flexibility index (Phi) is 7.20. The van der Waals surface area contributed by atoms with Crippen molar-refractivity contribution in [3.63, 3.8) is 0 Å². The summed E-state index contributed by atoms with van der Waals surface area (Å²) in [6.45, 7) is -0.0556. The number of fused-ring (bicyclic) bond motifs is 1. The van der Waals surface area contributed by atoms with Crippen molar-refractivity contribution in [3.05, 3.63) is 66.1 Å². The van der Waals surface area contributed by atoms with Gasteiger partial charge in [-0.25, -0.2) is 28.6 Å². The van der Waals surface area contributed by atoms with Crippen LogP contribution in [0.5, 0.6) is 5.75 Å². The summed E-state index contributed by atoms with van der Waals surface area (Å²) < 4.78 is 77.3. The summed E-state index contributed by atoms with van der Waals surface area (Å²) in [5.74, 6) is -0.439. The van der Waals surface area contributed by atoms with E-state index in [1.165, 1.54) is 27.4 Å². The van der Waals surface area contributed by atoms with Gasteiger partial charge in [0.05, 0.1) is 19.9 Å². The van der Waals surface area contributed by atoms with E-state index in [2.05, 4.69) is 25.0 Å². The van der Waals surface area contributed by atoms with Gasteiger partial charge in [-0.15, -0.1) is 5.10 Å². The molecule has 0 spiro atoms. The van der Waals surface area contributed by atoms with Crippen LogP contribution < -0.4 is 4.74 Å². The predicted molar refractivity (Wildman–Crippen MR) is 150 cm³/mol. The molecular weight excluding hydrogens is 587 g/mol. The molecule has 4 heterocycles. The van der Waals surface area contributed by atoms with Crippen molar-refractivity contribution >= 4 is 16.0 Å². The number of alkyl halides is 3. The lowest BCUT2D eigenvalue weighted by Crippen LogP contribution is -2.27. The zero-order valence-electron chi connectivity index (χ0n) is 23.5. The molecule has 12 nitrogen and oxygen atoms in total. The van der Waals surface area contributed by atoms with Gasteiger partial charge in [0.25, 0.3) is 5.82 Å². The normalized spacial score (nSPS) is 14.8. The van der Waals surface area contributed by atoms with E-state index in [4.69, 9.17) is 4.74 Å². The fourth-order valence-electron chi connectivity index (χ4n) is 5.21. The molecular formula is C27H28F3N9O3S. The van der Waals surface area contributed by atoms with Crippen LogP contribution >= 0.6 is 0 Å². The molecule has 43 heavy (non-hydrogen) atoms. The summed E-state index contributed by atoms with van der Waals surface area (Å²) in [6.07, 6.45) is 5.33. The van der Waals surface area contributed by atoms with Gasteiger partial charge >= 0.3 is 16.4 Å². The number of hydrogen-bond donors (Lipinski definition) is 0. The Morgan fingerprint density at radius 1 is 1.05 bits per heavy atom. The molecule has 16 heteroatoms. The summed E-state index contributed by atoms with van der Waals surface area (Å²) in [6, 6.07) is 6.81. The van der Waals surface area contributed by atoms with E-state index in [0.29, 0.717) is 11.3 Å². The van der Waals surface area contributed by atoms with Crippen molar-refractivity contribution in [2.24, 2.45) is 0 Å². The lowest BCUT2D eigenvalue weighted by molar-refractivity contribution is -0.144. The third kappa shape index (κ3) is 5.35. The fraction of sp³-hybridized carbons (Fsp3) is 0.370. The number of nitrogens with zero attached hydrogens (tertiary/aromatic N) is 9. The summed E-state index contributed by atoms with van der Waals surface area (Å²) in [4.78, 5) is 17.3. The predicted octanol–water partition coefficient (Wildman–Crippen LogP) is 4.24. The average molecular weight is 616 g/mol. The molecule has 0 N–H and O–H groups in total. The monoisotopic (exact) mass is 615 g/mol. The second-order valence-corrected chi connectivity index (χ2v) is 12.5. The minimum atomic E-state index is -4.82. The Labute approximate surface area is 245 Å². The van der Waals surface area contributed by atoms with Gasteiger partial charge in [0.2, 0.25) is 5.78 Å². The van der Waals surface area contributed by atoms with Gasteiger partial charge in [0.15, 0.2) is 5.82 Å². The van der Waals surface area contributed by atoms with Crippen LogP contribution in [0.2, 0.25) is 0 Å². The van der Waals surface area contributed by atoms with Crippen molar-refractivity contribution in [2.75, 3.05) is 21.2 Å². The highest BCUT2D eigenvalue weighted by molar-refractivity contribution is 7.87. The molecule has 0 radical (unpaired) electrons. The minimum Gasteiger partial charge on any atom is -0.497 e. The largest absolute Gasteiger partial charge is 0.497 e. The summed E-state index contributed by atoms with van der Waals surface area (Å²) in [5, 5.41) is 3.80. The third-order valence-corrected chi connectivity index (χ3v) is 9.14. The van der Waals surface area contributed by atoms with Crippen molar-refractivity contribution < 1.29 is 26.3 Å². The lowest BCUT2D eigenvalue weighted by Gasteiger charge is -2.11. The Hall–Kier alpha value is -4.31. The van der Waals surface area contributed by atoms with E-state index < -0.39 is 22.2 Å². The van der Waals surface area contributed by atoms with Gasteiger partial charge in [-0.3, -0.25) is 4.40 Å². The first kappa shape index (κ1) is 28.8. The van der Waals surface area contributed by atoms with E-state index in [1.54, 1.807) is 34.9 Å². The second kappa shape index (κ2) is 10.8. The van der Waals surface area contributed by atoms with Gasteiger partial charge in [-0.1, -0.05) is 25.0 Å². The fourth-order valence-corrected chi connectivity index (χ4v) is 5.99. The Morgan fingerprint density at radius 2 is 1.77 bits per heavy atom. The Bertz CT molecular complexity index is 1890. The first-order valence-electron chi connectivity index (χ1n) is 13.5. The zero-order chi connectivity index (χ0) is 30.5. The standard InChI is InChI=1S/C27H28F3N9O3S/c1-36(2)43(40,41)37-15-21(32-16-37)23-22(33-26-31-12-19(14-38(23)26)18-6-4-5-7-18)24-34-25(27(28,29)30)35-39(24)13-17-8-10-20(42-3)11-9-17/h8-12,14-16,18H,4-7,13H2,1-3H3. The third-order valence-electron chi connectivity index (χ3n) is 7.49. The molecule has 0 aliphatic heterocycles. The molecule has 0 atom stereocenters. The lowest BCUT2D eigenvalue weighted by atomic mass is 10.0. The van der Waals surface area contributed by atoms with Crippen LogP contribution in [0.3, 0.4) is 0 Å². The number of hydrogen-bond acceptors (Lipinski definition) is 8. The quantitative estimate of drug-likeness (QED) is 0.254. The van der Waals surface area contributed by atoms with Gasteiger partial charge in [-0.2, -0.15) is 25.9 Å². The molecule has 4 aromatic heterocycles. The Balaban J connectivity index is 1.56. The number of halogens is 3. The number of benzene rings is 1. The Morgan fingerprint density at radius 3 is 2.42 bits per heavy atom. The molecule has 5 aromatic rings. The van der Waals surface area contributed by atoms with Gasteiger partial charge < -0.3 is 4.74 Å². The van der Waals surface area contributed by atoms with Crippen LogP contribution in [-0.4, -0.2) is 72.0 Å². The maximum atomic E-state index is 13.9. The number of aromatic nitrogens is 8. The molecule has 0 bridgehead atoms. The first-order valence-corrected chi connectivity index (χ1v) is 14.9. The molecule has 1 fully saturated rings. The molecule has 226 valence electrons. The van der Waals surface area contributed by atoms with E-state index in [1.807, 2.05) is 6.20 Å². The number of imidazole rings is 2. The molecule has 1 aliphatic rings. The minimum absolute atomic E-state index is 0.0279.